The van der Waals surface area contributed by atoms with E-state index < -0.39 is 15.9 Å². The molecule has 0 atom stereocenters. The number of amides is 1. The second kappa shape index (κ2) is 9.34. The molecule has 2 N–H and O–H groups in total. The summed E-state index contributed by atoms with van der Waals surface area (Å²) >= 11 is 0. The number of esters is 1. The predicted molar refractivity (Wildman–Crippen MR) is 104 cm³/mol. The third kappa shape index (κ3) is 5.80. The molecule has 0 saturated heterocycles. The molecule has 2 rings (SSSR count). The summed E-state index contributed by atoms with van der Waals surface area (Å²) in [5.41, 5.74) is 0.922. The van der Waals surface area contributed by atoms with Gasteiger partial charge in [0.2, 0.25) is 15.9 Å². The van der Waals surface area contributed by atoms with E-state index in [9.17, 15) is 18.0 Å². The minimum absolute atomic E-state index is 0.0954. The maximum Gasteiger partial charge on any atom is 0.305 e. The number of methoxy groups -OCH3 is 1. The molecule has 0 aliphatic heterocycles. The summed E-state index contributed by atoms with van der Waals surface area (Å²) < 4.78 is 36.3. The van der Waals surface area contributed by atoms with E-state index in [1.54, 1.807) is 31.2 Å². The van der Waals surface area contributed by atoms with Gasteiger partial charge in [0.15, 0.2) is 0 Å². The van der Waals surface area contributed by atoms with Crippen molar-refractivity contribution in [2.75, 3.05) is 19.5 Å². The molecule has 1 aromatic heterocycles. The van der Waals surface area contributed by atoms with E-state index in [-0.39, 0.29) is 17.3 Å². The Morgan fingerprint density at radius 1 is 1.21 bits per heavy atom. The fourth-order valence-electron chi connectivity index (χ4n) is 2.36. The largest absolute Gasteiger partial charge is 0.469 e. The van der Waals surface area contributed by atoms with Gasteiger partial charge < -0.3 is 14.5 Å². The third-order valence-corrected chi connectivity index (χ3v) is 5.45. The number of hydrogen-bond donors (Lipinski definition) is 2. The van der Waals surface area contributed by atoms with Crippen LogP contribution in [0.2, 0.25) is 0 Å². The second-order valence-corrected chi connectivity index (χ2v) is 7.75. The number of carbonyl (C=O) groups excluding carboxylic acids is 2. The van der Waals surface area contributed by atoms with E-state index in [2.05, 4.69) is 14.8 Å². The molecule has 0 radical (unpaired) electrons. The van der Waals surface area contributed by atoms with Crippen LogP contribution in [0.3, 0.4) is 0 Å². The van der Waals surface area contributed by atoms with Crippen LogP contribution in [0.15, 0.2) is 45.7 Å². The second-order valence-electron chi connectivity index (χ2n) is 5.89. The summed E-state index contributed by atoms with van der Waals surface area (Å²) in [7, 11) is -0.974. The summed E-state index contributed by atoms with van der Waals surface area (Å²) in [4.78, 5) is 23.3. The van der Waals surface area contributed by atoms with Gasteiger partial charge in [-0.05, 0) is 49.9 Å². The molecule has 0 unspecified atom stereocenters. The van der Waals surface area contributed by atoms with Crippen molar-refractivity contribution in [3.8, 4) is 0 Å². The summed E-state index contributed by atoms with van der Waals surface area (Å²) in [6, 6.07) is 8.02. The zero-order valence-corrected chi connectivity index (χ0v) is 16.6. The molecule has 28 heavy (non-hydrogen) atoms. The van der Waals surface area contributed by atoms with E-state index in [1.165, 1.54) is 32.4 Å². The van der Waals surface area contributed by atoms with Crippen LogP contribution in [-0.2, 0) is 30.8 Å². The van der Waals surface area contributed by atoms with Gasteiger partial charge in [0.05, 0.1) is 18.4 Å². The summed E-state index contributed by atoms with van der Waals surface area (Å²) in [5, 5.41) is 2.61. The van der Waals surface area contributed by atoms with Gasteiger partial charge in [0.1, 0.15) is 11.5 Å². The van der Waals surface area contributed by atoms with Crippen LogP contribution in [0.4, 0.5) is 5.69 Å². The van der Waals surface area contributed by atoms with Gasteiger partial charge in [0.25, 0.3) is 0 Å². The number of rotatable bonds is 8. The molecule has 0 aliphatic rings. The highest BCUT2D eigenvalue weighted by Crippen LogP contribution is 2.20. The SMILES string of the molecule is CNS(=O)(=O)c1cc(NC(=O)/C=C/c2ccc(CCC(=O)OC)o2)ccc1C. The van der Waals surface area contributed by atoms with Crippen LogP contribution in [0.1, 0.15) is 23.5 Å². The first-order valence-corrected chi connectivity index (χ1v) is 9.92. The molecule has 2 aromatic rings. The molecule has 8 nitrogen and oxygen atoms in total. The number of sulfonamides is 1. The fraction of sp³-hybridized carbons (Fsp3) is 0.263. The summed E-state index contributed by atoms with van der Waals surface area (Å²) in [6.07, 6.45) is 3.36. The van der Waals surface area contributed by atoms with Gasteiger partial charge in [-0.1, -0.05) is 6.07 Å². The lowest BCUT2D eigenvalue weighted by molar-refractivity contribution is -0.140. The Labute approximate surface area is 163 Å². The van der Waals surface area contributed by atoms with E-state index in [0.29, 0.717) is 29.2 Å². The van der Waals surface area contributed by atoms with Gasteiger partial charge in [0, 0.05) is 18.2 Å². The van der Waals surface area contributed by atoms with Gasteiger partial charge in [-0.3, -0.25) is 9.59 Å². The monoisotopic (exact) mass is 406 g/mol. The number of hydrogen-bond acceptors (Lipinski definition) is 6. The van der Waals surface area contributed by atoms with Crippen molar-refractivity contribution in [3.63, 3.8) is 0 Å². The highest BCUT2D eigenvalue weighted by Gasteiger charge is 2.15. The number of anilines is 1. The predicted octanol–water partition coefficient (Wildman–Crippen LogP) is 2.25. The lowest BCUT2D eigenvalue weighted by Crippen LogP contribution is -2.20. The Balaban J connectivity index is 2.02. The van der Waals surface area contributed by atoms with Crippen molar-refractivity contribution in [3.05, 3.63) is 53.5 Å². The van der Waals surface area contributed by atoms with E-state index >= 15 is 0 Å². The molecule has 0 aliphatic carbocycles. The van der Waals surface area contributed by atoms with Crippen molar-refractivity contribution in [2.45, 2.75) is 24.7 Å². The minimum Gasteiger partial charge on any atom is -0.469 e. The van der Waals surface area contributed by atoms with Crippen LogP contribution < -0.4 is 10.0 Å². The average Bonchev–Trinajstić information content (AvgIpc) is 3.13. The van der Waals surface area contributed by atoms with Crippen molar-refractivity contribution >= 4 is 33.7 Å². The third-order valence-electron chi connectivity index (χ3n) is 3.90. The smallest absolute Gasteiger partial charge is 0.305 e. The Bertz CT molecular complexity index is 992. The molecule has 1 amide bonds. The normalized spacial score (nSPS) is 11.5. The van der Waals surface area contributed by atoms with E-state index in [4.69, 9.17) is 4.42 Å². The standard InChI is InChI=1S/C19H22N2O6S/c1-13-4-5-14(12-17(13)28(24,25)20-2)21-18(22)10-8-15-6-7-16(27-15)9-11-19(23)26-3/h4-8,10,12,20H,9,11H2,1-3H3,(H,21,22)/b10-8+. The lowest BCUT2D eigenvalue weighted by Gasteiger charge is -2.09. The lowest BCUT2D eigenvalue weighted by atomic mass is 10.2. The van der Waals surface area contributed by atoms with Gasteiger partial charge in [-0.2, -0.15) is 0 Å². The molecule has 150 valence electrons. The molecule has 0 spiro atoms. The van der Waals surface area contributed by atoms with Crippen molar-refractivity contribution in [2.24, 2.45) is 0 Å². The van der Waals surface area contributed by atoms with Crippen LogP contribution in [0, 0.1) is 6.92 Å². The highest BCUT2D eigenvalue weighted by molar-refractivity contribution is 7.89. The molecule has 1 heterocycles. The quantitative estimate of drug-likeness (QED) is 0.513. The van der Waals surface area contributed by atoms with Gasteiger partial charge >= 0.3 is 5.97 Å². The number of furan rings is 1. The number of benzene rings is 1. The van der Waals surface area contributed by atoms with Gasteiger partial charge in [-0.15, -0.1) is 0 Å². The Morgan fingerprint density at radius 2 is 1.96 bits per heavy atom. The zero-order chi connectivity index (χ0) is 20.7. The molecule has 0 bridgehead atoms. The molecular weight excluding hydrogens is 384 g/mol. The topological polar surface area (TPSA) is 115 Å². The molecule has 0 saturated carbocycles. The first kappa shape index (κ1) is 21.4. The van der Waals surface area contributed by atoms with Crippen LogP contribution in [0.25, 0.3) is 6.08 Å². The first-order valence-electron chi connectivity index (χ1n) is 8.44. The minimum atomic E-state index is -3.62. The van der Waals surface area contributed by atoms with Crippen molar-refractivity contribution < 1.29 is 27.2 Å². The van der Waals surface area contributed by atoms with Crippen LogP contribution >= 0.6 is 0 Å². The van der Waals surface area contributed by atoms with Crippen LogP contribution in [-0.4, -0.2) is 34.5 Å². The van der Waals surface area contributed by atoms with Crippen LogP contribution in [0.5, 0.6) is 0 Å². The number of carbonyl (C=O) groups is 2. The maximum atomic E-state index is 12.1. The Morgan fingerprint density at radius 3 is 2.64 bits per heavy atom. The highest BCUT2D eigenvalue weighted by atomic mass is 32.2. The maximum absolute atomic E-state index is 12.1. The number of aryl methyl sites for hydroxylation is 2. The Kier molecular flexibility index (Phi) is 7.13. The van der Waals surface area contributed by atoms with Crippen molar-refractivity contribution in [1.82, 2.24) is 4.72 Å². The Hall–Kier alpha value is -2.91. The van der Waals surface area contributed by atoms with E-state index in [0.717, 1.165) is 0 Å². The number of ether oxygens (including phenoxy) is 1. The van der Waals surface area contributed by atoms with E-state index in [1.807, 2.05) is 0 Å². The fourth-order valence-corrected chi connectivity index (χ4v) is 3.36. The average molecular weight is 406 g/mol. The van der Waals surface area contributed by atoms with Crippen molar-refractivity contribution in [1.29, 1.82) is 0 Å². The number of nitrogens with one attached hydrogen (secondary N) is 2. The molecule has 9 heteroatoms. The summed E-state index contributed by atoms with van der Waals surface area (Å²) in [6.45, 7) is 1.67. The molecule has 0 fully saturated rings. The molecular formula is C19H22N2O6S. The zero-order valence-electron chi connectivity index (χ0n) is 15.8. The first-order chi connectivity index (χ1) is 13.2. The summed E-state index contributed by atoms with van der Waals surface area (Å²) in [5.74, 6) is 0.290. The molecule has 1 aromatic carbocycles. The van der Waals surface area contributed by atoms with Gasteiger partial charge in [-0.25, -0.2) is 13.1 Å².